The van der Waals surface area contributed by atoms with E-state index in [0.29, 0.717) is 19.0 Å². The number of ether oxygens (including phenoxy) is 1. The van der Waals surface area contributed by atoms with Gasteiger partial charge in [-0.05, 0) is 18.8 Å². The molecule has 0 atom stereocenters. The van der Waals surface area contributed by atoms with E-state index in [9.17, 15) is 13.2 Å². The molecule has 0 N–H and O–H groups in total. The van der Waals surface area contributed by atoms with Crippen molar-refractivity contribution in [2.75, 3.05) is 33.8 Å². The summed E-state index contributed by atoms with van der Waals surface area (Å²) >= 11 is 0. The molecule has 0 aromatic carbocycles. The summed E-state index contributed by atoms with van der Waals surface area (Å²) in [5.74, 6) is 0.182. The highest BCUT2D eigenvalue weighted by Gasteiger charge is 2.29. The summed E-state index contributed by atoms with van der Waals surface area (Å²) in [6.07, 6.45) is 1.87. The molecule has 0 aliphatic carbocycles. The van der Waals surface area contributed by atoms with Crippen molar-refractivity contribution >= 4 is 16.2 Å². The third-order valence-corrected chi connectivity index (χ3v) is 5.31. The Morgan fingerprint density at radius 2 is 1.94 bits per heavy atom. The lowest BCUT2D eigenvalue weighted by atomic mass is 10.0. The summed E-state index contributed by atoms with van der Waals surface area (Å²) in [5, 5.41) is 0. The average Bonchev–Trinajstić information content (AvgIpc) is 2.35. The van der Waals surface area contributed by atoms with Gasteiger partial charge in [0.2, 0.25) is 0 Å². The van der Waals surface area contributed by atoms with Gasteiger partial charge in [-0.2, -0.15) is 17.0 Å². The Balaban J connectivity index is 2.54. The van der Waals surface area contributed by atoms with E-state index < -0.39 is 16.2 Å². The first-order valence-electron chi connectivity index (χ1n) is 6.16. The Labute approximate surface area is 109 Å². The fourth-order valence-corrected chi connectivity index (χ4v) is 3.27. The second-order valence-corrected chi connectivity index (χ2v) is 6.77. The summed E-state index contributed by atoms with van der Waals surface area (Å²) in [6.45, 7) is 3.41. The minimum absolute atomic E-state index is 0.0798. The summed E-state index contributed by atoms with van der Waals surface area (Å²) in [4.78, 5) is 11.0. The zero-order chi connectivity index (χ0) is 13.8. The van der Waals surface area contributed by atoms with Gasteiger partial charge in [0.25, 0.3) is 10.2 Å². The molecular formula is C11H22N2O4S. The van der Waals surface area contributed by atoms with E-state index in [1.807, 2.05) is 0 Å². The molecular weight excluding hydrogens is 256 g/mol. The summed E-state index contributed by atoms with van der Waals surface area (Å²) in [7, 11) is -0.640. The highest BCUT2D eigenvalue weighted by molar-refractivity contribution is 7.86. The number of hydrogen-bond acceptors (Lipinski definition) is 4. The molecule has 0 bridgehead atoms. The van der Waals surface area contributed by atoms with Crippen LogP contribution in [-0.2, 0) is 19.7 Å². The largest absolute Gasteiger partial charge is 0.469 e. The van der Waals surface area contributed by atoms with Crippen LogP contribution >= 0.6 is 0 Å². The Bertz CT molecular complexity index is 375. The molecule has 6 nitrogen and oxygen atoms in total. The van der Waals surface area contributed by atoms with Crippen molar-refractivity contribution in [1.82, 2.24) is 8.61 Å². The lowest BCUT2D eigenvalue weighted by molar-refractivity contribution is -0.140. The van der Waals surface area contributed by atoms with Crippen LogP contribution in [0.1, 0.15) is 26.2 Å². The normalized spacial score (nSPS) is 19.1. The second kappa shape index (κ2) is 6.49. The number of carbonyl (C=O) groups excluding carboxylic acids is 1. The summed E-state index contributed by atoms with van der Waals surface area (Å²) in [6, 6.07) is 0. The molecule has 0 amide bonds. The molecule has 106 valence electrons. The van der Waals surface area contributed by atoms with Crippen LogP contribution < -0.4 is 0 Å². The van der Waals surface area contributed by atoms with E-state index in [4.69, 9.17) is 0 Å². The molecule has 0 radical (unpaired) electrons. The number of esters is 1. The summed E-state index contributed by atoms with van der Waals surface area (Å²) < 4.78 is 31.6. The molecule has 0 aromatic heterocycles. The Kier molecular flexibility index (Phi) is 5.55. The molecule has 1 fully saturated rings. The van der Waals surface area contributed by atoms with E-state index >= 15 is 0 Å². The van der Waals surface area contributed by atoms with Crippen LogP contribution in [0.25, 0.3) is 0 Å². The minimum Gasteiger partial charge on any atom is -0.469 e. The van der Waals surface area contributed by atoms with Gasteiger partial charge in [0.1, 0.15) is 0 Å². The third-order valence-electron chi connectivity index (χ3n) is 3.32. The van der Waals surface area contributed by atoms with Gasteiger partial charge in [-0.1, -0.05) is 6.92 Å². The predicted octanol–water partition coefficient (Wildman–Crippen LogP) is 0.458. The van der Waals surface area contributed by atoms with Crippen molar-refractivity contribution in [2.45, 2.75) is 26.2 Å². The predicted molar refractivity (Wildman–Crippen MR) is 68.2 cm³/mol. The molecule has 0 spiro atoms. The van der Waals surface area contributed by atoms with Crippen LogP contribution in [0.4, 0.5) is 0 Å². The van der Waals surface area contributed by atoms with Gasteiger partial charge in [0.05, 0.1) is 13.5 Å². The summed E-state index contributed by atoms with van der Waals surface area (Å²) in [5.41, 5.74) is 0. The van der Waals surface area contributed by atoms with Crippen molar-refractivity contribution < 1.29 is 17.9 Å². The molecule has 0 unspecified atom stereocenters. The molecule has 0 saturated carbocycles. The topological polar surface area (TPSA) is 66.9 Å². The maximum absolute atomic E-state index is 12.2. The minimum atomic E-state index is -3.43. The fourth-order valence-electron chi connectivity index (χ4n) is 1.88. The SMILES string of the molecule is COC(=O)CCN(C)S(=O)(=O)N1CCC(C)CC1. The van der Waals surface area contributed by atoms with Crippen molar-refractivity contribution in [3.05, 3.63) is 0 Å². The number of hydrogen-bond donors (Lipinski definition) is 0. The zero-order valence-electron chi connectivity index (χ0n) is 11.3. The lowest BCUT2D eigenvalue weighted by Gasteiger charge is -2.32. The number of methoxy groups -OCH3 is 1. The monoisotopic (exact) mass is 278 g/mol. The van der Waals surface area contributed by atoms with Crippen LogP contribution in [0.15, 0.2) is 0 Å². The van der Waals surface area contributed by atoms with Gasteiger partial charge >= 0.3 is 5.97 Å². The number of carbonyl (C=O) groups is 1. The Morgan fingerprint density at radius 3 is 2.44 bits per heavy atom. The molecule has 7 heteroatoms. The van der Waals surface area contributed by atoms with Crippen LogP contribution in [0.2, 0.25) is 0 Å². The first kappa shape index (κ1) is 15.4. The van der Waals surface area contributed by atoms with Crippen LogP contribution in [0.3, 0.4) is 0 Å². The van der Waals surface area contributed by atoms with Gasteiger partial charge in [-0.15, -0.1) is 0 Å². The maximum atomic E-state index is 12.2. The smallest absolute Gasteiger partial charge is 0.306 e. The zero-order valence-corrected chi connectivity index (χ0v) is 12.1. The van der Waals surface area contributed by atoms with Crippen molar-refractivity contribution in [2.24, 2.45) is 5.92 Å². The molecule has 1 heterocycles. The Morgan fingerprint density at radius 1 is 1.39 bits per heavy atom. The first-order chi connectivity index (χ1) is 8.37. The van der Waals surface area contributed by atoms with E-state index in [0.717, 1.165) is 12.8 Å². The van der Waals surface area contributed by atoms with Gasteiger partial charge < -0.3 is 4.74 Å². The van der Waals surface area contributed by atoms with Gasteiger partial charge in [0, 0.05) is 26.7 Å². The Hall–Kier alpha value is -0.660. The molecule has 1 saturated heterocycles. The van der Waals surface area contributed by atoms with Crippen molar-refractivity contribution in [1.29, 1.82) is 0 Å². The van der Waals surface area contributed by atoms with Gasteiger partial charge in [-0.25, -0.2) is 0 Å². The second-order valence-electron chi connectivity index (χ2n) is 4.74. The third kappa shape index (κ3) is 3.93. The van der Waals surface area contributed by atoms with E-state index in [2.05, 4.69) is 11.7 Å². The lowest BCUT2D eigenvalue weighted by Crippen LogP contribution is -2.46. The number of piperidine rings is 1. The van der Waals surface area contributed by atoms with Crippen molar-refractivity contribution in [3.8, 4) is 0 Å². The van der Waals surface area contributed by atoms with Crippen LogP contribution in [-0.4, -0.2) is 56.8 Å². The highest BCUT2D eigenvalue weighted by atomic mass is 32.2. The first-order valence-corrected chi connectivity index (χ1v) is 7.56. The van der Waals surface area contributed by atoms with E-state index in [1.165, 1.54) is 22.8 Å². The van der Waals surface area contributed by atoms with Crippen LogP contribution in [0, 0.1) is 5.92 Å². The maximum Gasteiger partial charge on any atom is 0.306 e. The standard InChI is InChI=1S/C11H22N2O4S/c1-10-4-8-13(9-5-10)18(15,16)12(2)7-6-11(14)17-3/h10H,4-9H2,1-3H3. The molecule has 1 aliphatic heterocycles. The molecule has 1 rings (SSSR count). The number of nitrogens with zero attached hydrogens (tertiary/aromatic N) is 2. The van der Waals surface area contributed by atoms with Gasteiger partial charge in [0.15, 0.2) is 0 Å². The van der Waals surface area contributed by atoms with Crippen LogP contribution in [0.5, 0.6) is 0 Å². The average molecular weight is 278 g/mol. The highest BCUT2D eigenvalue weighted by Crippen LogP contribution is 2.20. The van der Waals surface area contributed by atoms with Gasteiger partial charge in [-0.3, -0.25) is 4.79 Å². The van der Waals surface area contributed by atoms with E-state index in [-0.39, 0.29) is 13.0 Å². The fraction of sp³-hybridized carbons (Fsp3) is 0.909. The van der Waals surface area contributed by atoms with Crippen molar-refractivity contribution in [3.63, 3.8) is 0 Å². The molecule has 0 aromatic rings. The molecule has 18 heavy (non-hydrogen) atoms. The number of rotatable bonds is 5. The molecule has 1 aliphatic rings. The van der Waals surface area contributed by atoms with E-state index in [1.54, 1.807) is 0 Å². The quantitative estimate of drug-likeness (QED) is 0.685.